The molecule has 3 unspecified atom stereocenters. The molecule has 3 nitrogen and oxygen atoms in total. The van der Waals surface area contributed by atoms with Crippen LogP contribution in [0.3, 0.4) is 0 Å². The highest BCUT2D eigenvalue weighted by Gasteiger charge is 2.42. The number of carbonyl (C=O) groups is 1. The van der Waals surface area contributed by atoms with Gasteiger partial charge in [0.1, 0.15) is 6.17 Å². The summed E-state index contributed by atoms with van der Waals surface area (Å²) in [6.07, 6.45) is 0.941. The van der Waals surface area contributed by atoms with Crippen LogP contribution < -0.4 is 5.32 Å². The topological polar surface area (TPSA) is 32.3 Å². The van der Waals surface area contributed by atoms with Crippen LogP contribution in [0.1, 0.15) is 52.8 Å². The first-order valence-corrected chi connectivity index (χ1v) is 8.46. The van der Waals surface area contributed by atoms with E-state index in [1.807, 2.05) is 0 Å². The Morgan fingerprint density at radius 1 is 1.30 bits per heavy atom. The van der Waals surface area contributed by atoms with Crippen molar-refractivity contribution in [2.75, 3.05) is 0 Å². The lowest BCUT2D eigenvalue weighted by atomic mass is 10.0. The van der Waals surface area contributed by atoms with Crippen LogP contribution in [0.4, 0.5) is 0 Å². The van der Waals surface area contributed by atoms with E-state index >= 15 is 0 Å². The van der Waals surface area contributed by atoms with E-state index in [4.69, 9.17) is 0 Å². The zero-order chi connectivity index (χ0) is 14.9. The van der Waals surface area contributed by atoms with Crippen molar-refractivity contribution in [2.45, 2.75) is 59.3 Å². The average molecular weight is 294 g/mol. The van der Waals surface area contributed by atoms with Crippen molar-refractivity contribution in [2.24, 2.45) is 11.8 Å². The molecule has 1 amide bonds. The molecule has 0 radical (unpaired) electrons. The second kappa shape index (κ2) is 6.27. The molecular weight excluding hydrogens is 268 g/mol. The minimum Gasteiger partial charge on any atom is -0.319 e. The summed E-state index contributed by atoms with van der Waals surface area (Å²) >= 11 is 1.69. The Morgan fingerprint density at radius 2 is 2.00 bits per heavy atom. The minimum atomic E-state index is -0.0406. The van der Waals surface area contributed by atoms with Gasteiger partial charge < -0.3 is 4.90 Å². The van der Waals surface area contributed by atoms with E-state index in [0.29, 0.717) is 11.8 Å². The van der Waals surface area contributed by atoms with Gasteiger partial charge in [-0.25, -0.2) is 0 Å². The molecule has 2 heterocycles. The number of carbonyl (C=O) groups excluding carboxylic acids is 1. The molecule has 1 aromatic heterocycles. The largest absolute Gasteiger partial charge is 0.319 e. The number of nitrogens with one attached hydrogen (secondary N) is 1. The number of thiophene rings is 1. The predicted molar refractivity (Wildman–Crippen MR) is 84.6 cm³/mol. The fourth-order valence-electron chi connectivity index (χ4n) is 2.73. The quantitative estimate of drug-likeness (QED) is 0.899. The van der Waals surface area contributed by atoms with Gasteiger partial charge in [-0.3, -0.25) is 10.1 Å². The third-order valence-corrected chi connectivity index (χ3v) is 4.86. The molecule has 20 heavy (non-hydrogen) atoms. The number of hydrogen-bond acceptors (Lipinski definition) is 3. The molecular formula is C16H26N2OS. The van der Waals surface area contributed by atoms with Gasteiger partial charge in [0.05, 0.1) is 6.04 Å². The van der Waals surface area contributed by atoms with Crippen molar-refractivity contribution in [3.63, 3.8) is 0 Å². The zero-order valence-corrected chi connectivity index (χ0v) is 13.9. The van der Waals surface area contributed by atoms with Crippen molar-refractivity contribution in [1.82, 2.24) is 10.2 Å². The van der Waals surface area contributed by atoms with E-state index in [-0.39, 0.29) is 24.2 Å². The summed E-state index contributed by atoms with van der Waals surface area (Å²) in [5.74, 6) is 1.24. The van der Waals surface area contributed by atoms with E-state index in [1.165, 1.54) is 5.56 Å². The molecule has 0 saturated carbocycles. The first-order chi connectivity index (χ1) is 9.41. The minimum absolute atomic E-state index is 0.0369. The van der Waals surface area contributed by atoms with Gasteiger partial charge in [-0.1, -0.05) is 27.7 Å². The highest BCUT2D eigenvalue weighted by molar-refractivity contribution is 7.07. The molecule has 0 bridgehead atoms. The van der Waals surface area contributed by atoms with Gasteiger partial charge in [0.25, 0.3) is 0 Å². The molecule has 1 aromatic rings. The van der Waals surface area contributed by atoms with Crippen LogP contribution >= 0.6 is 11.3 Å². The molecule has 0 aliphatic carbocycles. The van der Waals surface area contributed by atoms with Crippen LogP contribution in [0.5, 0.6) is 0 Å². The van der Waals surface area contributed by atoms with E-state index < -0.39 is 0 Å². The van der Waals surface area contributed by atoms with Crippen molar-refractivity contribution in [1.29, 1.82) is 0 Å². The maximum Gasteiger partial charge on any atom is 0.241 e. The summed E-state index contributed by atoms with van der Waals surface area (Å²) < 4.78 is 0. The highest BCUT2D eigenvalue weighted by atomic mass is 32.1. The smallest absolute Gasteiger partial charge is 0.241 e. The molecule has 1 aliphatic heterocycles. The van der Waals surface area contributed by atoms with Crippen LogP contribution in [0, 0.1) is 11.8 Å². The van der Waals surface area contributed by atoms with E-state index in [0.717, 1.165) is 6.42 Å². The SMILES string of the molecule is CC(C)CC1NC(c2ccsc2)N(C(C)C(C)C)C1=O. The normalized spacial score (nSPS) is 24.9. The Hall–Kier alpha value is -0.870. The lowest BCUT2D eigenvalue weighted by Gasteiger charge is -2.32. The van der Waals surface area contributed by atoms with Crippen molar-refractivity contribution < 1.29 is 4.79 Å². The molecule has 112 valence electrons. The number of nitrogens with zero attached hydrogens (tertiary/aromatic N) is 1. The summed E-state index contributed by atoms with van der Waals surface area (Å²) in [6.45, 7) is 10.9. The van der Waals surface area contributed by atoms with Crippen LogP contribution in [0.25, 0.3) is 0 Å². The molecule has 1 saturated heterocycles. The van der Waals surface area contributed by atoms with Gasteiger partial charge in [-0.2, -0.15) is 11.3 Å². The van der Waals surface area contributed by atoms with Gasteiger partial charge in [-0.15, -0.1) is 0 Å². The third-order valence-electron chi connectivity index (χ3n) is 4.16. The van der Waals surface area contributed by atoms with Crippen molar-refractivity contribution >= 4 is 17.2 Å². The Balaban J connectivity index is 2.26. The summed E-state index contributed by atoms with van der Waals surface area (Å²) in [6, 6.07) is 2.33. The summed E-state index contributed by atoms with van der Waals surface area (Å²) in [7, 11) is 0. The molecule has 0 spiro atoms. The van der Waals surface area contributed by atoms with Gasteiger partial charge >= 0.3 is 0 Å². The van der Waals surface area contributed by atoms with Crippen molar-refractivity contribution in [3.05, 3.63) is 22.4 Å². The Kier molecular flexibility index (Phi) is 4.86. The van der Waals surface area contributed by atoms with Gasteiger partial charge in [0.2, 0.25) is 5.91 Å². The van der Waals surface area contributed by atoms with Gasteiger partial charge in [0, 0.05) is 6.04 Å². The molecule has 1 N–H and O–H groups in total. The molecule has 3 atom stereocenters. The second-order valence-electron chi connectivity index (χ2n) is 6.54. The lowest BCUT2D eigenvalue weighted by Crippen LogP contribution is -2.41. The summed E-state index contributed by atoms with van der Waals surface area (Å²) in [5.41, 5.74) is 1.21. The highest BCUT2D eigenvalue weighted by Crippen LogP contribution is 2.32. The maximum atomic E-state index is 12.8. The molecule has 1 fully saturated rings. The Bertz CT molecular complexity index is 441. The van der Waals surface area contributed by atoms with Gasteiger partial charge in [0.15, 0.2) is 0 Å². The van der Waals surface area contributed by atoms with Crippen LogP contribution in [-0.4, -0.2) is 22.9 Å². The number of rotatable bonds is 5. The van der Waals surface area contributed by atoms with E-state index in [1.54, 1.807) is 11.3 Å². The van der Waals surface area contributed by atoms with Crippen LogP contribution in [0.2, 0.25) is 0 Å². The fourth-order valence-corrected chi connectivity index (χ4v) is 3.41. The van der Waals surface area contributed by atoms with E-state index in [9.17, 15) is 4.79 Å². The number of amides is 1. The van der Waals surface area contributed by atoms with Crippen LogP contribution in [0.15, 0.2) is 16.8 Å². The predicted octanol–water partition coefficient (Wildman–Crippen LogP) is 3.64. The molecule has 2 rings (SSSR count). The van der Waals surface area contributed by atoms with Crippen molar-refractivity contribution in [3.8, 4) is 0 Å². The van der Waals surface area contributed by atoms with Gasteiger partial charge in [-0.05, 0) is 47.6 Å². The standard InChI is InChI=1S/C16H26N2OS/c1-10(2)8-14-16(19)18(12(5)11(3)4)15(17-14)13-6-7-20-9-13/h6-7,9-12,14-15,17H,8H2,1-5H3. The monoisotopic (exact) mass is 294 g/mol. The zero-order valence-electron chi connectivity index (χ0n) is 13.1. The molecule has 1 aliphatic rings. The Morgan fingerprint density at radius 3 is 2.50 bits per heavy atom. The summed E-state index contributed by atoms with van der Waals surface area (Å²) in [4.78, 5) is 14.8. The molecule has 4 heteroatoms. The third kappa shape index (κ3) is 3.07. The number of hydrogen-bond donors (Lipinski definition) is 1. The summed E-state index contributed by atoms with van der Waals surface area (Å²) in [5, 5.41) is 7.76. The average Bonchev–Trinajstić information content (AvgIpc) is 2.97. The first-order valence-electron chi connectivity index (χ1n) is 7.52. The lowest BCUT2D eigenvalue weighted by molar-refractivity contribution is -0.133. The maximum absolute atomic E-state index is 12.8. The first kappa shape index (κ1) is 15.5. The van der Waals surface area contributed by atoms with E-state index in [2.05, 4.69) is 61.7 Å². The van der Waals surface area contributed by atoms with Crippen LogP contribution in [-0.2, 0) is 4.79 Å². The second-order valence-corrected chi connectivity index (χ2v) is 7.32. The fraction of sp³-hybridized carbons (Fsp3) is 0.688. The molecule has 0 aromatic carbocycles. The Labute approximate surface area is 126 Å².